The lowest BCUT2D eigenvalue weighted by molar-refractivity contribution is -0.330. The number of aryl methyl sites for hydroxylation is 1. The van der Waals surface area contributed by atoms with E-state index in [9.17, 15) is 27.2 Å². The minimum Gasteiger partial charge on any atom is -0.443 e. The van der Waals surface area contributed by atoms with E-state index in [1.807, 2.05) is 20.8 Å². The Kier molecular flexibility index (Phi) is 7.34. The fourth-order valence-corrected chi connectivity index (χ4v) is 6.02. The van der Waals surface area contributed by atoms with Gasteiger partial charge in [-0.3, -0.25) is 14.2 Å². The SMILES string of the molecule is Cn1nc(COC(F)(F)F)cc1C(=O)Nc1cc([C@@H]2C[C@@H](F)[C@H](OC(=O)NC3CC4CC3C4)C2)nn1C(C)(C)C. The van der Waals surface area contributed by atoms with Crippen molar-refractivity contribution >= 4 is 17.8 Å². The second-order valence-electron chi connectivity index (χ2n) is 12.1. The second kappa shape index (κ2) is 10.3. The van der Waals surface area contributed by atoms with E-state index < -0.39 is 42.8 Å². The summed E-state index contributed by atoms with van der Waals surface area (Å²) in [6.07, 6.45) is -4.07. The van der Waals surface area contributed by atoms with Crippen LogP contribution in [0.15, 0.2) is 12.1 Å². The predicted molar refractivity (Wildman–Crippen MR) is 134 cm³/mol. The van der Waals surface area contributed by atoms with Gasteiger partial charge in [0.2, 0.25) is 0 Å². The summed E-state index contributed by atoms with van der Waals surface area (Å²) < 4.78 is 64.1. The van der Waals surface area contributed by atoms with E-state index in [1.54, 1.807) is 10.7 Å². The topological polar surface area (TPSA) is 112 Å². The molecule has 4 aliphatic carbocycles. The van der Waals surface area contributed by atoms with Gasteiger partial charge in [0.05, 0.1) is 16.9 Å². The summed E-state index contributed by atoms with van der Waals surface area (Å²) in [6, 6.07) is 2.97. The Morgan fingerprint density at radius 3 is 2.42 bits per heavy atom. The van der Waals surface area contributed by atoms with Crippen LogP contribution in [0.25, 0.3) is 0 Å². The summed E-state index contributed by atoms with van der Waals surface area (Å²) in [7, 11) is 1.43. The maximum Gasteiger partial charge on any atom is 0.522 e. The number of hydrogen-bond donors (Lipinski definition) is 2. The molecule has 40 heavy (non-hydrogen) atoms. The third kappa shape index (κ3) is 6.11. The lowest BCUT2D eigenvalue weighted by atomic mass is 9.84. The van der Waals surface area contributed by atoms with Crippen molar-refractivity contribution < 1.29 is 36.6 Å². The van der Waals surface area contributed by atoms with Crippen molar-refractivity contribution in [3.05, 3.63) is 29.2 Å². The maximum absolute atomic E-state index is 14.9. The van der Waals surface area contributed by atoms with E-state index in [0.29, 0.717) is 23.3 Å². The number of carbonyl (C=O) groups is 2. The van der Waals surface area contributed by atoms with E-state index in [2.05, 4.69) is 25.6 Å². The van der Waals surface area contributed by atoms with E-state index in [0.717, 1.165) is 23.9 Å². The molecule has 2 heterocycles. The Balaban J connectivity index is 1.25. The van der Waals surface area contributed by atoms with Crippen molar-refractivity contribution in [2.24, 2.45) is 18.9 Å². The number of alkyl carbamates (subject to hydrolysis) is 1. The summed E-state index contributed by atoms with van der Waals surface area (Å²) in [6.45, 7) is 4.81. The highest BCUT2D eigenvalue weighted by Gasteiger charge is 2.46. The molecule has 4 aliphatic rings. The van der Waals surface area contributed by atoms with Gasteiger partial charge in [0.1, 0.15) is 30.4 Å². The van der Waals surface area contributed by atoms with E-state index in [-0.39, 0.29) is 36.2 Å². The Morgan fingerprint density at radius 1 is 1.07 bits per heavy atom. The summed E-state index contributed by atoms with van der Waals surface area (Å²) in [4.78, 5) is 25.5. The first-order chi connectivity index (χ1) is 18.7. The zero-order valence-corrected chi connectivity index (χ0v) is 22.8. The second-order valence-corrected chi connectivity index (χ2v) is 12.1. The maximum atomic E-state index is 14.9. The Hall–Kier alpha value is -3.16. The highest BCUT2D eigenvalue weighted by molar-refractivity contribution is 6.02. The number of carbonyl (C=O) groups excluding carboxylic acids is 2. The molecule has 2 bridgehead atoms. The number of anilines is 1. The Bertz CT molecular complexity index is 1260. The monoisotopic (exact) mass is 570 g/mol. The van der Waals surface area contributed by atoms with Crippen molar-refractivity contribution in [1.82, 2.24) is 24.9 Å². The van der Waals surface area contributed by atoms with Gasteiger partial charge in [-0.1, -0.05) is 0 Å². The molecule has 0 spiro atoms. The van der Waals surface area contributed by atoms with Gasteiger partial charge in [-0.15, -0.1) is 13.2 Å². The molecule has 2 aromatic heterocycles. The highest BCUT2D eigenvalue weighted by atomic mass is 19.4. The van der Waals surface area contributed by atoms with E-state index in [1.165, 1.54) is 13.1 Å². The fourth-order valence-electron chi connectivity index (χ4n) is 6.02. The highest BCUT2D eigenvalue weighted by Crippen LogP contribution is 2.48. The van der Waals surface area contributed by atoms with Crippen LogP contribution in [0.1, 0.15) is 80.7 Å². The number of halogens is 4. The Labute approximate surface area is 228 Å². The van der Waals surface area contributed by atoms with Crippen molar-refractivity contribution in [1.29, 1.82) is 0 Å². The fraction of sp³-hybridized carbons (Fsp3) is 0.692. The molecule has 6 rings (SSSR count). The van der Waals surface area contributed by atoms with Gasteiger partial charge >= 0.3 is 12.5 Å². The molecule has 10 nitrogen and oxygen atoms in total. The molecule has 0 radical (unpaired) electrons. The van der Waals surface area contributed by atoms with Crippen molar-refractivity contribution in [2.45, 2.75) is 95.6 Å². The van der Waals surface area contributed by atoms with Gasteiger partial charge in [0.25, 0.3) is 5.91 Å². The van der Waals surface area contributed by atoms with Crippen LogP contribution in [-0.4, -0.2) is 56.2 Å². The number of ether oxygens (including phenoxy) is 2. The third-order valence-corrected chi connectivity index (χ3v) is 7.99. The molecule has 220 valence electrons. The number of alkyl halides is 4. The van der Waals surface area contributed by atoms with Crippen LogP contribution in [-0.2, 0) is 28.7 Å². The first-order valence-electron chi connectivity index (χ1n) is 13.4. The van der Waals surface area contributed by atoms with Crippen LogP contribution in [0.3, 0.4) is 0 Å². The van der Waals surface area contributed by atoms with E-state index in [4.69, 9.17) is 4.74 Å². The van der Waals surface area contributed by atoms with Crippen LogP contribution in [0.2, 0.25) is 0 Å². The zero-order valence-electron chi connectivity index (χ0n) is 22.8. The quantitative estimate of drug-likeness (QED) is 0.464. The molecule has 14 heteroatoms. The van der Waals surface area contributed by atoms with Crippen molar-refractivity contribution in [2.75, 3.05) is 5.32 Å². The number of aromatic nitrogens is 4. The number of nitrogens with one attached hydrogen (secondary N) is 2. The largest absolute Gasteiger partial charge is 0.522 e. The number of rotatable bonds is 7. The number of hydrogen-bond acceptors (Lipinski definition) is 6. The number of amides is 2. The Morgan fingerprint density at radius 2 is 1.80 bits per heavy atom. The minimum absolute atomic E-state index is 0.0212. The summed E-state index contributed by atoms with van der Waals surface area (Å²) in [5, 5.41) is 14.2. The summed E-state index contributed by atoms with van der Waals surface area (Å²) in [5.74, 6) is 0.559. The first-order valence-corrected chi connectivity index (χ1v) is 13.4. The molecule has 2 amide bonds. The van der Waals surface area contributed by atoms with E-state index >= 15 is 0 Å². The lowest BCUT2D eigenvalue weighted by Crippen LogP contribution is -2.39. The van der Waals surface area contributed by atoms with Gasteiger partial charge < -0.3 is 15.4 Å². The van der Waals surface area contributed by atoms with Gasteiger partial charge in [-0.25, -0.2) is 13.9 Å². The molecule has 4 atom stereocenters. The van der Waals surface area contributed by atoms with Crippen LogP contribution in [0.5, 0.6) is 0 Å². The molecule has 2 N–H and O–H groups in total. The van der Waals surface area contributed by atoms with Gasteiger partial charge in [0.15, 0.2) is 0 Å². The molecule has 2 aromatic rings. The zero-order chi connectivity index (χ0) is 29.0. The molecule has 4 fully saturated rings. The predicted octanol–water partition coefficient (Wildman–Crippen LogP) is 4.77. The van der Waals surface area contributed by atoms with Crippen LogP contribution in [0.4, 0.5) is 28.2 Å². The van der Waals surface area contributed by atoms with Crippen LogP contribution < -0.4 is 10.6 Å². The molecule has 0 saturated heterocycles. The normalized spacial score (nSPS) is 27.9. The molecular formula is C26H34F4N6O4. The number of fused-ring (bicyclic) bond motifs is 1. The smallest absolute Gasteiger partial charge is 0.443 e. The molecule has 0 aromatic carbocycles. The first kappa shape index (κ1) is 28.4. The van der Waals surface area contributed by atoms with Crippen LogP contribution in [0, 0.1) is 11.8 Å². The van der Waals surface area contributed by atoms with Crippen molar-refractivity contribution in [3.8, 4) is 0 Å². The van der Waals surface area contributed by atoms with Gasteiger partial charge in [-0.05, 0) is 70.8 Å². The summed E-state index contributed by atoms with van der Waals surface area (Å²) >= 11 is 0. The molecule has 4 saturated carbocycles. The van der Waals surface area contributed by atoms with Crippen molar-refractivity contribution in [3.63, 3.8) is 0 Å². The van der Waals surface area contributed by atoms with Crippen LogP contribution >= 0.6 is 0 Å². The van der Waals surface area contributed by atoms with Gasteiger partial charge in [0, 0.05) is 25.1 Å². The standard InChI is InChI=1S/C26H34F4N6O4/c1-25(2,3)36-22(32-23(37)20-10-16(33-35(20)4)12-39-26(28,29)30)11-19(34-36)15-8-17(27)21(9-15)40-24(38)31-18-7-13-5-14(18)6-13/h10-11,13-15,17-18,21H,5-9,12H2,1-4H3,(H,31,38)(H,32,37)/t13?,14?,15-,17-,18?,21-/m1/s1. The average molecular weight is 571 g/mol. The minimum atomic E-state index is -4.82. The molecule has 0 aliphatic heterocycles. The molecule has 1 unspecified atom stereocenters. The average Bonchev–Trinajstić information content (AvgIpc) is 3.60. The van der Waals surface area contributed by atoms with Gasteiger partial charge in [-0.2, -0.15) is 10.2 Å². The number of nitrogens with zero attached hydrogens (tertiary/aromatic N) is 4. The third-order valence-electron chi connectivity index (χ3n) is 7.99. The molecular weight excluding hydrogens is 536 g/mol. The summed E-state index contributed by atoms with van der Waals surface area (Å²) in [5.41, 5.74) is -0.0621. The lowest BCUT2D eigenvalue weighted by Gasteiger charge is -2.25.